The number of aromatic nitrogens is 1. The van der Waals surface area contributed by atoms with Crippen molar-refractivity contribution in [3.63, 3.8) is 0 Å². The first-order valence-electron chi connectivity index (χ1n) is 7.98. The highest BCUT2D eigenvalue weighted by Crippen LogP contribution is 2.24. The van der Waals surface area contributed by atoms with Gasteiger partial charge in [0.25, 0.3) is 10.2 Å². The second kappa shape index (κ2) is 6.52. The van der Waals surface area contributed by atoms with Crippen LogP contribution in [0.1, 0.15) is 25.7 Å². The van der Waals surface area contributed by atoms with E-state index in [1.807, 2.05) is 18.2 Å². The van der Waals surface area contributed by atoms with Gasteiger partial charge in [0.1, 0.15) is 5.82 Å². The van der Waals surface area contributed by atoms with Crippen LogP contribution in [0.5, 0.6) is 0 Å². The molecular formula is C15H24N4O2S. The van der Waals surface area contributed by atoms with Gasteiger partial charge in [0, 0.05) is 45.5 Å². The van der Waals surface area contributed by atoms with E-state index in [9.17, 15) is 8.42 Å². The summed E-state index contributed by atoms with van der Waals surface area (Å²) in [5.41, 5.74) is 0. The molecule has 122 valence electrons. The Morgan fingerprint density at radius 1 is 1.14 bits per heavy atom. The van der Waals surface area contributed by atoms with E-state index in [0.29, 0.717) is 13.1 Å². The fraction of sp³-hybridized carbons (Fsp3) is 0.667. The third kappa shape index (κ3) is 3.11. The maximum Gasteiger partial charge on any atom is 0.281 e. The van der Waals surface area contributed by atoms with Gasteiger partial charge in [-0.1, -0.05) is 6.07 Å². The van der Waals surface area contributed by atoms with E-state index in [0.717, 1.165) is 44.6 Å². The molecule has 0 bridgehead atoms. The van der Waals surface area contributed by atoms with Gasteiger partial charge in [-0.15, -0.1) is 0 Å². The molecule has 0 unspecified atom stereocenters. The lowest BCUT2D eigenvalue weighted by Gasteiger charge is -2.37. The van der Waals surface area contributed by atoms with Crippen molar-refractivity contribution >= 4 is 16.0 Å². The average molecular weight is 324 g/mol. The summed E-state index contributed by atoms with van der Waals surface area (Å²) in [6.45, 7) is 3.03. The number of rotatable bonds is 4. The summed E-state index contributed by atoms with van der Waals surface area (Å²) in [5.74, 6) is 0.978. The first-order valence-corrected chi connectivity index (χ1v) is 9.38. The van der Waals surface area contributed by atoms with E-state index in [4.69, 9.17) is 0 Å². The Hall–Kier alpha value is -1.18. The van der Waals surface area contributed by atoms with Crippen LogP contribution in [0, 0.1) is 0 Å². The lowest BCUT2D eigenvalue weighted by molar-refractivity contribution is 0.290. The molecule has 2 aliphatic heterocycles. The second-order valence-corrected chi connectivity index (χ2v) is 8.02. The van der Waals surface area contributed by atoms with Crippen LogP contribution in [0.25, 0.3) is 0 Å². The van der Waals surface area contributed by atoms with E-state index >= 15 is 0 Å². The molecule has 0 saturated carbocycles. The fourth-order valence-electron chi connectivity index (χ4n) is 3.29. The molecule has 2 aliphatic rings. The Bertz CT molecular complexity index is 579. The Labute approximate surface area is 132 Å². The fourth-order valence-corrected chi connectivity index (χ4v) is 4.96. The zero-order valence-electron chi connectivity index (χ0n) is 13.1. The van der Waals surface area contributed by atoms with E-state index < -0.39 is 10.2 Å². The summed E-state index contributed by atoms with van der Waals surface area (Å²) in [5, 5.41) is 0. The summed E-state index contributed by atoms with van der Waals surface area (Å²) in [7, 11) is -1.56. The third-order valence-electron chi connectivity index (χ3n) is 4.71. The van der Waals surface area contributed by atoms with Crippen molar-refractivity contribution in [3.05, 3.63) is 24.4 Å². The summed E-state index contributed by atoms with van der Waals surface area (Å²) in [4.78, 5) is 6.60. The summed E-state index contributed by atoms with van der Waals surface area (Å²) >= 11 is 0. The van der Waals surface area contributed by atoms with Gasteiger partial charge in [-0.2, -0.15) is 17.0 Å². The SMILES string of the molecule is CN(C1CCN(c2ccccn2)CC1)S(=O)(=O)N1CCCC1. The van der Waals surface area contributed by atoms with Crippen LogP contribution < -0.4 is 4.90 Å². The Balaban J connectivity index is 1.61. The van der Waals surface area contributed by atoms with Crippen molar-refractivity contribution in [2.24, 2.45) is 0 Å². The zero-order valence-corrected chi connectivity index (χ0v) is 13.9. The number of hydrogen-bond donors (Lipinski definition) is 0. The van der Waals surface area contributed by atoms with Crippen molar-refractivity contribution in [1.29, 1.82) is 0 Å². The quantitative estimate of drug-likeness (QED) is 0.838. The summed E-state index contributed by atoms with van der Waals surface area (Å²) < 4.78 is 28.4. The van der Waals surface area contributed by atoms with Gasteiger partial charge in [0.15, 0.2) is 0 Å². The van der Waals surface area contributed by atoms with Gasteiger partial charge in [0.05, 0.1) is 0 Å². The van der Waals surface area contributed by atoms with E-state index in [2.05, 4.69) is 9.88 Å². The molecule has 2 fully saturated rings. The smallest absolute Gasteiger partial charge is 0.281 e. The lowest BCUT2D eigenvalue weighted by Crippen LogP contribution is -2.49. The van der Waals surface area contributed by atoms with Gasteiger partial charge >= 0.3 is 0 Å². The standard InChI is InChI=1S/C15H24N4O2S/c1-17(22(20,21)19-10-4-5-11-19)14-7-12-18(13-8-14)15-6-2-3-9-16-15/h2-3,6,9,14H,4-5,7-8,10-13H2,1H3. The first kappa shape index (κ1) is 15.7. The molecule has 0 radical (unpaired) electrons. The molecule has 3 rings (SSSR count). The predicted molar refractivity (Wildman–Crippen MR) is 87.0 cm³/mol. The largest absolute Gasteiger partial charge is 0.357 e. The molecule has 0 aromatic carbocycles. The van der Waals surface area contributed by atoms with Crippen molar-refractivity contribution in [2.75, 3.05) is 38.1 Å². The van der Waals surface area contributed by atoms with Crippen LogP contribution in [0.2, 0.25) is 0 Å². The van der Waals surface area contributed by atoms with Gasteiger partial charge in [-0.25, -0.2) is 4.98 Å². The number of pyridine rings is 1. The maximum absolute atomic E-state index is 12.6. The van der Waals surface area contributed by atoms with Crippen LogP contribution in [-0.4, -0.2) is 61.3 Å². The third-order valence-corrected chi connectivity index (χ3v) is 6.75. The minimum absolute atomic E-state index is 0.0885. The Morgan fingerprint density at radius 3 is 2.41 bits per heavy atom. The molecule has 1 aromatic heterocycles. The van der Waals surface area contributed by atoms with Gasteiger partial charge in [-0.05, 0) is 37.8 Å². The normalized spacial score (nSPS) is 21.6. The molecule has 0 spiro atoms. The van der Waals surface area contributed by atoms with Gasteiger partial charge in [0.2, 0.25) is 0 Å². The Morgan fingerprint density at radius 2 is 1.82 bits per heavy atom. The average Bonchev–Trinajstić information content (AvgIpc) is 3.10. The topological polar surface area (TPSA) is 56.8 Å². The molecule has 2 saturated heterocycles. The molecule has 6 nitrogen and oxygen atoms in total. The molecule has 0 amide bonds. The molecule has 3 heterocycles. The first-order chi connectivity index (χ1) is 10.6. The minimum atomic E-state index is -3.29. The number of piperidine rings is 1. The minimum Gasteiger partial charge on any atom is -0.357 e. The van der Waals surface area contributed by atoms with E-state index in [1.54, 1.807) is 21.9 Å². The number of nitrogens with zero attached hydrogens (tertiary/aromatic N) is 4. The van der Waals surface area contributed by atoms with Crippen LogP contribution in [-0.2, 0) is 10.2 Å². The second-order valence-electron chi connectivity index (χ2n) is 6.04. The molecule has 1 aromatic rings. The van der Waals surface area contributed by atoms with Crippen LogP contribution in [0.4, 0.5) is 5.82 Å². The monoisotopic (exact) mass is 324 g/mol. The van der Waals surface area contributed by atoms with Gasteiger partial charge in [-0.3, -0.25) is 0 Å². The van der Waals surface area contributed by atoms with Crippen LogP contribution in [0.15, 0.2) is 24.4 Å². The molecule has 22 heavy (non-hydrogen) atoms. The van der Waals surface area contributed by atoms with E-state index in [-0.39, 0.29) is 6.04 Å². The summed E-state index contributed by atoms with van der Waals surface area (Å²) in [6, 6.07) is 5.99. The van der Waals surface area contributed by atoms with Crippen LogP contribution >= 0.6 is 0 Å². The maximum atomic E-state index is 12.6. The number of anilines is 1. The number of hydrogen-bond acceptors (Lipinski definition) is 4. The Kier molecular flexibility index (Phi) is 4.65. The summed E-state index contributed by atoms with van der Waals surface area (Å²) in [6.07, 6.45) is 5.45. The molecular weight excluding hydrogens is 300 g/mol. The van der Waals surface area contributed by atoms with Crippen LogP contribution in [0.3, 0.4) is 0 Å². The van der Waals surface area contributed by atoms with Crippen molar-refractivity contribution in [2.45, 2.75) is 31.7 Å². The zero-order chi connectivity index (χ0) is 15.6. The molecule has 0 atom stereocenters. The van der Waals surface area contributed by atoms with Crippen molar-refractivity contribution in [3.8, 4) is 0 Å². The molecule has 7 heteroatoms. The van der Waals surface area contributed by atoms with Crippen molar-refractivity contribution < 1.29 is 8.42 Å². The van der Waals surface area contributed by atoms with Gasteiger partial charge < -0.3 is 4.90 Å². The highest BCUT2D eigenvalue weighted by molar-refractivity contribution is 7.86. The predicted octanol–water partition coefficient (Wildman–Crippen LogP) is 1.32. The molecule has 0 N–H and O–H groups in total. The molecule has 0 aliphatic carbocycles. The highest BCUT2D eigenvalue weighted by Gasteiger charge is 2.35. The van der Waals surface area contributed by atoms with Crippen molar-refractivity contribution in [1.82, 2.24) is 13.6 Å². The lowest BCUT2D eigenvalue weighted by atomic mass is 10.1. The highest BCUT2D eigenvalue weighted by atomic mass is 32.2. The van der Waals surface area contributed by atoms with E-state index in [1.165, 1.54) is 0 Å².